The van der Waals surface area contributed by atoms with E-state index < -0.39 is 46.4 Å². The SMILES string of the molecule is [N-]=[N+]=Nc1c(F)c(F)c(C(=O)NCCOCCOCCOCCOCCOCCOCCOCCOCCOCCOCCOCCOCCC(=O)O)c(F)c1F. The van der Waals surface area contributed by atoms with Gasteiger partial charge in [-0.1, -0.05) is 5.11 Å². The minimum Gasteiger partial charge on any atom is -0.481 e. The summed E-state index contributed by atoms with van der Waals surface area (Å²) < 4.78 is 120. The fraction of sp³-hybridized carbons (Fsp3) is 0.765. The van der Waals surface area contributed by atoms with Crippen molar-refractivity contribution >= 4 is 17.6 Å². The highest BCUT2D eigenvalue weighted by atomic mass is 19.2. The molecule has 23 heteroatoms. The molecular weight excluding hydrogens is 780 g/mol. The molecule has 0 heterocycles. The van der Waals surface area contributed by atoms with Crippen molar-refractivity contribution in [2.75, 3.05) is 165 Å². The first-order valence-electron chi connectivity index (χ1n) is 18.1. The number of halogens is 4. The zero-order valence-electron chi connectivity index (χ0n) is 31.9. The Hall–Kier alpha value is -3.29. The predicted molar refractivity (Wildman–Crippen MR) is 189 cm³/mol. The summed E-state index contributed by atoms with van der Waals surface area (Å²) in [6.07, 6.45) is -0.0224. The van der Waals surface area contributed by atoms with Gasteiger partial charge in [0.15, 0.2) is 23.3 Å². The first-order chi connectivity index (χ1) is 27.8. The number of carbonyl (C=O) groups excluding carboxylic acids is 1. The third-order valence-corrected chi connectivity index (χ3v) is 6.70. The molecule has 19 nitrogen and oxygen atoms in total. The highest BCUT2D eigenvalue weighted by Crippen LogP contribution is 2.30. The molecular formula is C34H54F4N4O15. The Morgan fingerprint density at radius 3 is 1.00 bits per heavy atom. The number of carbonyl (C=O) groups is 2. The molecule has 1 rings (SSSR count). The van der Waals surface area contributed by atoms with E-state index in [0.29, 0.717) is 126 Å². The quantitative estimate of drug-likeness (QED) is 0.0242. The highest BCUT2D eigenvalue weighted by molar-refractivity contribution is 5.95. The molecule has 0 atom stereocenters. The smallest absolute Gasteiger partial charge is 0.305 e. The molecule has 1 amide bonds. The Balaban J connectivity index is 1.75. The molecule has 0 aliphatic rings. The van der Waals surface area contributed by atoms with Gasteiger partial charge >= 0.3 is 5.97 Å². The van der Waals surface area contributed by atoms with Gasteiger partial charge in [-0.3, -0.25) is 9.59 Å². The maximum Gasteiger partial charge on any atom is 0.305 e. The van der Waals surface area contributed by atoms with Crippen LogP contribution in [0.4, 0.5) is 23.2 Å². The zero-order chi connectivity index (χ0) is 41.6. The second kappa shape index (κ2) is 37.0. The molecule has 57 heavy (non-hydrogen) atoms. The topological polar surface area (TPSA) is 226 Å². The maximum atomic E-state index is 14.0. The van der Waals surface area contributed by atoms with Crippen LogP contribution in [0.25, 0.3) is 10.4 Å². The number of carboxylic acids is 1. The van der Waals surface area contributed by atoms with Crippen molar-refractivity contribution in [2.24, 2.45) is 5.11 Å². The van der Waals surface area contributed by atoms with E-state index in [2.05, 4.69) is 15.3 Å². The summed E-state index contributed by atoms with van der Waals surface area (Å²) in [6.45, 7) is 8.30. The number of amides is 1. The summed E-state index contributed by atoms with van der Waals surface area (Å²) in [5.74, 6) is -10.2. The molecule has 1 aromatic carbocycles. The Bertz CT molecular complexity index is 1230. The standard InChI is InChI=1S/C34H54F4N4O15/c35-29-28(30(36)32(38)33(31(29)37)41-42-39)34(45)40-2-4-47-6-8-49-10-12-51-14-16-53-18-20-55-22-24-57-26-25-56-23-21-54-19-17-52-15-13-50-11-9-48-7-5-46-3-1-27(43)44/h1-26H2,(H,40,45)(H,43,44). The van der Waals surface area contributed by atoms with Crippen LogP contribution in [0.2, 0.25) is 0 Å². The minimum atomic E-state index is -1.99. The van der Waals surface area contributed by atoms with E-state index in [1.807, 2.05) is 0 Å². The summed E-state index contributed by atoms with van der Waals surface area (Å²) >= 11 is 0. The monoisotopic (exact) mass is 834 g/mol. The van der Waals surface area contributed by atoms with Crippen LogP contribution in [0, 0.1) is 23.3 Å². The summed E-state index contributed by atoms with van der Waals surface area (Å²) in [6, 6.07) is 0. The van der Waals surface area contributed by atoms with Gasteiger partial charge in [0.2, 0.25) is 0 Å². The lowest BCUT2D eigenvalue weighted by molar-refractivity contribution is -0.138. The van der Waals surface area contributed by atoms with E-state index in [9.17, 15) is 27.2 Å². The summed E-state index contributed by atoms with van der Waals surface area (Å²) in [5.41, 5.74) is 5.27. The van der Waals surface area contributed by atoms with E-state index >= 15 is 0 Å². The van der Waals surface area contributed by atoms with Gasteiger partial charge in [-0.15, -0.1) is 0 Å². The molecule has 0 aliphatic heterocycles. The second-order valence-corrected chi connectivity index (χ2v) is 10.9. The van der Waals surface area contributed by atoms with E-state index in [1.165, 1.54) is 0 Å². The van der Waals surface area contributed by atoms with Crippen LogP contribution in [0.1, 0.15) is 16.8 Å². The molecule has 0 unspecified atom stereocenters. The molecule has 1 aromatic rings. The lowest BCUT2D eigenvalue weighted by atomic mass is 10.1. The van der Waals surface area contributed by atoms with E-state index in [4.69, 9.17) is 67.5 Å². The van der Waals surface area contributed by atoms with Gasteiger partial charge in [0, 0.05) is 11.5 Å². The number of hydrogen-bond acceptors (Lipinski definition) is 15. The molecule has 328 valence electrons. The molecule has 0 fully saturated rings. The van der Waals surface area contributed by atoms with Crippen LogP contribution in [-0.4, -0.2) is 182 Å². The van der Waals surface area contributed by atoms with Crippen LogP contribution < -0.4 is 5.32 Å². The van der Waals surface area contributed by atoms with Gasteiger partial charge in [0.05, 0.1) is 165 Å². The van der Waals surface area contributed by atoms with Crippen molar-refractivity contribution in [1.29, 1.82) is 0 Å². The molecule has 0 saturated heterocycles. The van der Waals surface area contributed by atoms with Gasteiger partial charge in [0.1, 0.15) is 11.3 Å². The Kier molecular flexibility index (Phi) is 33.6. The number of nitrogens with one attached hydrogen (secondary N) is 1. The van der Waals surface area contributed by atoms with Crippen molar-refractivity contribution in [3.8, 4) is 0 Å². The number of rotatable bonds is 41. The van der Waals surface area contributed by atoms with Crippen molar-refractivity contribution < 1.29 is 89.1 Å². The molecule has 0 aromatic heterocycles. The van der Waals surface area contributed by atoms with Crippen molar-refractivity contribution in [1.82, 2.24) is 5.32 Å². The highest BCUT2D eigenvalue weighted by Gasteiger charge is 2.28. The molecule has 0 radical (unpaired) electrons. The Labute approximate surface area is 327 Å². The van der Waals surface area contributed by atoms with Crippen LogP contribution in [0.5, 0.6) is 0 Å². The normalized spacial score (nSPS) is 11.2. The molecule has 2 N–H and O–H groups in total. The second-order valence-electron chi connectivity index (χ2n) is 10.9. The van der Waals surface area contributed by atoms with E-state index in [1.54, 1.807) is 0 Å². The van der Waals surface area contributed by atoms with Crippen LogP contribution in [0.3, 0.4) is 0 Å². The van der Waals surface area contributed by atoms with Crippen LogP contribution >= 0.6 is 0 Å². The number of nitrogens with zero attached hydrogens (tertiary/aromatic N) is 3. The number of azide groups is 1. The van der Waals surface area contributed by atoms with E-state index in [0.717, 1.165) is 0 Å². The van der Waals surface area contributed by atoms with E-state index in [-0.39, 0.29) is 46.0 Å². The largest absolute Gasteiger partial charge is 0.481 e. The summed E-state index contributed by atoms with van der Waals surface area (Å²) in [7, 11) is 0. The van der Waals surface area contributed by atoms with Gasteiger partial charge in [-0.25, -0.2) is 17.6 Å². The van der Waals surface area contributed by atoms with Crippen molar-refractivity contribution in [2.45, 2.75) is 6.42 Å². The predicted octanol–water partition coefficient (Wildman–Crippen LogP) is 2.59. The van der Waals surface area contributed by atoms with Crippen LogP contribution in [-0.2, 0) is 61.6 Å². The first-order valence-corrected chi connectivity index (χ1v) is 18.1. The van der Waals surface area contributed by atoms with Gasteiger partial charge in [-0.05, 0) is 5.53 Å². The number of carboxylic acid groups (broad SMARTS) is 1. The summed E-state index contributed by atoms with van der Waals surface area (Å²) in [5, 5.41) is 13.1. The van der Waals surface area contributed by atoms with Crippen molar-refractivity contribution in [3.05, 3.63) is 39.3 Å². The molecule has 0 spiro atoms. The molecule has 0 saturated carbocycles. The van der Waals surface area contributed by atoms with Crippen molar-refractivity contribution in [3.63, 3.8) is 0 Å². The molecule has 0 bridgehead atoms. The van der Waals surface area contributed by atoms with Crippen LogP contribution in [0.15, 0.2) is 5.11 Å². The third kappa shape index (κ3) is 27.9. The van der Waals surface area contributed by atoms with Gasteiger partial charge in [0.25, 0.3) is 5.91 Å². The fourth-order valence-electron chi connectivity index (χ4n) is 3.96. The third-order valence-electron chi connectivity index (χ3n) is 6.70. The number of hydrogen-bond donors (Lipinski definition) is 2. The number of benzene rings is 1. The minimum absolute atomic E-state index is 0.0224. The Morgan fingerprint density at radius 1 is 0.474 bits per heavy atom. The van der Waals surface area contributed by atoms with Gasteiger partial charge < -0.3 is 67.3 Å². The Morgan fingerprint density at radius 2 is 0.737 bits per heavy atom. The average Bonchev–Trinajstić information content (AvgIpc) is 3.19. The number of aliphatic carboxylic acids is 1. The number of ether oxygens (including phenoxy) is 12. The molecule has 0 aliphatic carbocycles. The van der Waals surface area contributed by atoms with Gasteiger partial charge in [-0.2, -0.15) is 0 Å². The fourth-order valence-corrected chi connectivity index (χ4v) is 3.96. The maximum absolute atomic E-state index is 14.0. The summed E-state index contributed by atoms with van der Waals surface area (Å²) in [4.78, 5) is 24.4. The lowest BCUT2D eigenvalue weighted by Gasteiger charge is -2.10. The zero-order valence-corrected chi connectivity index (χ0v) is 31.9. The first kappa shape index (κ1) is 51.7. The average molecular weight is 835 g/mol. The lowest BCUT2D eigenvalue weighted by Crippen LogP contribution is -2.30.